The monoisotopic (exact) mass is 287 g/mol. The maximum Gasteiger partial charge on any atom is 0.158 e. The number of aryl methyl sites for hydroxylation is 3. The van der Waals surface area contributed by atoms with Gasteiger partial charge in [-0.3, -0.25) is 0 Å². The van der Waals surface area contributed by atoms with Crippen LogP contribution in [0.2, 0.25) is 0 Å². The second kappa shape index (κ2) is 6.80. The standard InChI is InChI=1S/C16H25N5/c1-6-14-19-15(7-2)21(20-14)16-12(5)8-13(10-18-16)9-17-11(3)4/h8,10-11,17H,6-7,9H2,1-5H3. The van der Waals surface area contributed by atoms with Gasteiger partial charge in [-0.15, -0.1) is 5.10 Å². The lowest BCUT2D eigenvalue weighted by Crippen LogP contribution is -2.22. The van der Waals surface area contributed by atoms with Crippen LogP contribution in [-0.2, 0) is 19.4 Å². The molecular formula is C16H25N5. The molecule has 2 rings (SSSR count). The molecule has 114 valence electrons. The summed E-state index contributed by atoms with van der Waals surface area (Å²) in [5.74, 6) is 2.72. The maximum absolute atomic E-state index is 4.60. The summed E-state index contributed by atoms with van der Waals surface area (Å²) in [6.45, 7) is 11.4. The quantitative estimate of drug-likeness (QED) is 0.887. The molecule has 2 heterocycles. The number of rotatable bonds is 6. The zero-order valence-electron chi connectivity index (χ0n) is 13.6. The maximum atomic E-state index is 4.60. The van der Waals surface area contributed by atoms with Crippen LogP contribution in [0.1, 0.15) is 50.5 Å². The van der Waals surface area contributed by atoms with Crippen LogP contribution in [-0.4, -0.2) is 25.8 Å². The molecule has 0 amide bonds. The van der Waals surface area contributed by atoms with E-state index < -0.39 is 0 Å². The van der Waals surface area contributed by atoms with E-state index in [2.05, 4.69) is 61.1 Å². The molecule has 0 bridgehead atoms. The fourth-order valence-electron chi connectivity index (χ4n) is 2.21. The highest BCUT2D eigenvalue weighted by molar-refractivity contribution is 5.35. The topological polar surface area (TPSA) is 55.6 Å². The molecule has 2 aromatic heterocycles. The number of nitrogens with one attached hydrogen (secondary N) is 1. The lowest BCUT2D eigenvalue weighted by Gasteiger charge is -2.11. The molecule has 21 heavy (non-hydrogen) atoms. The summed E-state index contributed by atoms with van der Waals surface area (Å²) in [6.07, 6.45) is 3.62. The van der Waals surface area contributed by atoms with E-state index in [-0.39, 0.29) is 0 Å². The number of pyridine rings is 1. The van der Waals surface area contributed by atoms with Crippen LogP contribution in [0.25, 0.3) is 5.82 Å². The SMILES string of the molecule is CCc1nc(CC)n(-c2ncc(CNC(C)C)cc2C)n1. The van der Waals surface area contributed by atoms with Gasteiger partial charge in [0.15, 0.2) is 11.6 Å². The Morgan fingerprint density at radius 1 is 1.24 bits per heavy atom. The third-order valence-electron chi connectivity index (χ3n) is 3.37. The van der Waals surface area contributed by atoms with Crippen molar-refractivity contribution in [3.8, 4) is 5.82 Å². The zero-order chi connectivity index (χ0) is 15.4. The van der Waals surface area contributed by atoms with Gasteiger partial charge in [0.25, 0.3) is 0 Å². The minimum Gasteiger partial charge on any atom is -0.310 e. The van der Waals surface area contributed by atoms with Crippen LogP contribution < -0.4 is 5.32 Å². The fraction of sp³-hybridized carbons (Fsp3) is 0.562. The molecule has 0 saturated carbocycles. The molecular weight excluding hydrogens is 262 g/mol. The first kappa shape index (κ1) is 15.6. The Morgan fingerprint density at radius 3 is 2.57 bits per heavy atom. The van der Waals surface area contributed by atoms with Crippen LogP contribution in [0.15, 0.2) is 12.3 Å². The molecule has 0 spiro atoms. The Labute approximate surface area is 126 Å². The van der Waals surface area contributed by atoms with Crippen LogP contribution in [0.4, 0.5) is 0 Å². The fourth-order valence-corrected chi connectivity index (χ4v) is 2.21. The average molecular weight is 287 g/mol. The van der Waals surface area contributed by atoms with Crippen molar-refractivity contribution in [2.45, 2.75) is 60.0 Å². The third kappa shape index (κ3) is 3.67. The van der Waals surface area contributed by atoms with E-state index in [9.17, 15) is 0 Å². The van der Waals surface area contributed by atoms with Gasteiger partial charge in [0.05, 0.1) is 0 Å². The van der Waals surface area contributed by atoms with Gasteiger partial charge >= 0.3 is 0 Å². The largest absolute Gasteiger partial charge is 0.310 e. The zero-order valence-corrected chi connectivity index (χ0v) is 13.6. The smallest absolute Gasteiger partial charge is 0.158 e. The predicted octanol–water partition coefficient (Wildman–Crippen LogP) is 2.59. The van der Waals surface area contributed by atoms with E-state index in [0.717, 1.165) is 42.4 Å². The van der Waals surface area contributed by atoms with Gasteiger partial charge in [-0.25, -0.2) is 9.97 Å². The van der Waals surface area contributed by atoms with E-state index in [0.29, 0.717) is 6.04 Å². The van der Waals surface area contributed by atoms with Gasteiger partial charge in [0, 0.05) is 31.6 Å². The highest BCUT2D eigenvalue weighted by Gasteiger charge is 2.12. The molecule has 5 heteroatoms. The summed E-state index contributed by atoms with van der Waals surface area (Å²) < 4.78 is 1.88. The Morgan fingerprint density at radius 2 is 2.00 bits per heavy atom. The number of hydrogen-bond acceptors (Lipinski definition) is 4. The second-order valence-electron chi connectivity index (χ2n) is 5.58. The van der Waals surface area contributed by atoms with E-state index in [1.54, 1.807) is 0 Å². The molecule has 0 aromatic carbocycles. The first-order valence-electron chi connectivity index (χ1n) is 7.69. The molecule has 0 saturated heterocycles. The van der Waals surface area contributed by atoms with Crippen molar-refractivity contribution in [1.82, 2.24) is 25.1 Å². The summed E-state index contributed by atoms with van der Waals surface area (Å²) in [4.78, 5) is 9.15. The highest BCUT2D eigenvalue weighted by atomic mass is 15.4. The molecule has 0 radical (unpaired) electrons. The van der Waals surface area contributed by atoms with E-state index >= 15 is 0 Å². The molecule has 0 atom stereocenters. The van der Waals surface area contributed by atoms with Crippen LogP contribution >= 0.6 is 0 Å². The molecule has 0 fully saturated rings. The van der Waals surface area contributed by atoms with Gasteiger partial charge in [-0.1, -0.05) is 27.7 Å². The first-order chi connectivity index (χ1) is 10.0. The second-order valence-corrected chi connectivity index (χ2v) is 5.58. The Bertz CT molecular complexity index is 601. The first-order valence-corrected chi connectivity index (χ1v) is 7.69. The Hall–Kier alpha value is -1.75. The molecule has 0 aliphatic carbocycles. The molecule has 0 unspecified atom stereocenters. The number of nitrogens with zero attached hydrogens (tertiary/aromatic N) is 4. The van der Waals surface area contributed by atoms with E-state index in [1.807, 2.05) is 10.9 Å². The van der Waals surface area contributed by atoms with Gasteiger partial charge in [-0.2, -0.15) is 4.68 Å². The lowest BCUT2D eigenvalue weighted by atomic mass is 10.2. The van der Waals surface area contributed by atoms with E-state index in [1.165, 1.54) is 5.56 Å². The van der Waals surface area contributed by atoms with Crippen molar-refractivity contribution in [2.75, 3.05) is 0 Å². The minimum atomic E-state index is 0.471. The minimum absolute atomic E-state index is 0.471. The van der Waals surface area contributed by atoms with Crippen molar-refractivity contribution in [1.29, 1.82) is 0 Å². The van der Waals surface area contributed by atoms with Crippen LogP contribution in [0.5, 0.6) is 0 Å². The Balaban J connectivity index is 2.30. The Kier molecular flexibility index (Phi) is 5.07. The van der Waals surface area contributed by atoms with Crippen molar-refractivity contribution in [3.63, 3.8) is 0 Å². The third-order valence-corrected chi connectivity index (χ3v) is 3.37. The van der Waals surface area contributed by atoms with Gasteiger partial charge in [0.2, 0.25) is 0 Å². The van der Waals surface area contributed by atoms with Crippen molar-refractivity contribution in [2.24, 2.45) is 0 Å². The molecule has 0 aliphatic rings. The van der Waals surface area contributed by atoms with Crippen molar-refractivity contribution in [3.05, 3.63) is 35.0 Å². The van der Waals surface area contributed by atoms with Gasteiger partial charge < -0.3 is 5.32 Å². The van der Waals surface area contributed by atoms with Crippen LogP contribution in [0.3, 0.4) is 0 Å². The van der Waals surface area contributed by atoms with Gasteiger partial charge in [-0.05, 0) is 24.1 Å². The molecule has 0 aliphatic heterocycles. The highest BCUT2D eigenvalue weighted by Crippen LogP contribution is 2.15. The molecule has 1 N–H and O–H groups in total. The van der Waals surface area contributed by atoms with Crippen molar-refractivity contribution < 1.29 is 0 Å². The summed E-state index contributed by atoms with van der Waals surface area (Å²) in [7, 11) is 0. The van der Waals surface area contributed by atoms with Crippen molar-refractivity contribution >= 4 is 0 Å². The average Bonchev–Trinajstić information content (AvgIpc) is 2.88. The molecule has 5 nitrogen and oxygen atoms in total. The summed E-state index contributed by atoms with van der Waals surface area (Å²) in [6, 6.07) is 2.64. The number of hydrogen-bond donors (Lipinski definition) is 1. The summed E-state index contributed by atoms with van der Waals surface area (Å²) in [5.41, 5.74) is 2.32. The summed E-state index contributed by atoms with van der Waals surface area (Å²) in [5, 5.41) is 7.97. The normalized spacial score (nSPS) is 11.3. The number of aromatic nitrogens is 4. The lowest BCUT2D eigenvalue weighted by molar-refractivity contribution is 0.587. The van der Waals surface area contributed by atoms with Gasteiger partial charge in [0.1, 0.15) is 5.82 Å². The van der Waals surface area contributed by atoms with E-state index in [4.69, 9.17) is 0 Å². The summed E-state index contributed by atoms with van der Waals surface area (Å²) >= 11 is 0. The molecule has 2 aromatic rings. The predicted molar refractivity (Wildman–Crippen MR) is 84.6 cm³/mol. The van der Waals surface area contributed by atoms with Crippen LogP contribution in [0, 0.1) is 6.92 Å².